The molecule has 1 aliphatic rings. The first-order chi connectivity index (χ1) is 6.65. The summed E-state index contributed by atoms with van der Waals surface area (Å²) in [5.74, 6) is 1.81. The fourth-order valence-corrected chi connectivity index (χ4v) is 1.92. The van der Waals surface area contributed by atoms with Crippen molar-refractivity contribution >= 4 is 17.7 Å². The molecule has 1 atom stereocenters. The molecule has 2 N–H and O–H groups in total. The predicted octanol–water partition coefficient (Wildman–Crippen LogP) is 0.935. The molecule has 0 aromatic carbocycles. The van der Waals surface area contributed by atoms with E-state index in [1.807, 2.05) is 13.3 Å². The van der Waals surface area contributed by atoms with Crippen LogP contribution in [0, 0.1) is 5.92 Å². The third-order valence-electron chi connectivity index (χ3n) is 2.56. The highest BCUT2D eigenvalue weighted by molar-refractivity contribution is 7.98. The van der Waals surface area contributed by atoms with Crippen LogP contribution in [-0.2, 0) is 4.79 Å². The van der Waals surface area contributed by atoms with Crippen LogP contribution in [-0.4, -0.2) is 42.4 Å². The topological polar surface area (TPSA) is 46.3 Å². The molecule has 1 aliphatic carbocycles. The third kappa shape index (κ3) is 3.88. The summed E-state index contributed by atoms with van der Waals surface area (Å²) in [5.41, 5.74) is 5.80. The minimum Gasteiger partial charge on any atom is -0.344 e. The van der Waals surface area contributed by atoms with Gasteiger partial charge in [0.1, 0.15) is 0 Å². The number of carbonyl (C=O) groups is 1. The Morgan fingerprint density at radius 2 is 2.29 bits per heavy atom. The predicted molar refractivity (Wildman–Crippen MR) is 61.3 cm³/mol. The Balaban J connectivity index is 2.22. The van der Waals surface area contributed by atoms with E-state index in [2.05, 4.69) is 0 Å². The van der Waals surface area contributed by atoms with Gasteiger partial charge in [0, 0.05) is 13.6 Å². The first-order valence-corrected chi connectivity index (χ1v) is 6.54. The van der Waals surface area contributed by atoms with Gasteiger partial charge in [-0.2, -0.15) is 11.8 Å². The van der Waals surface area contributed by atoms with Crippen LogP contribution in [0.25, 0.3) is 0 Å². The molecule has 0 aromatic heterocycles. The average molecular weight is 216 g/mol. The molecule has 0 bridgehead atoms. The molecular weight excluding hydrogens is 196 g/mol. The van der Waals surface area contributed by atoms with Crippen LogP contribution < -0.4 is 5.73 Å². The van der Waals surface area contributed by atoms with Gasteiger partial charge >= 0.3 is 0 Å². The second-order valence-corrected chi connectivity index (χ2v) is 5.04. The quantitative estimate of drug-likeness (QED) is 0.718. The Hall–Kier alpha value is -0.220. The maximum atomic E-state index is 11.7. The molecule has 1 saturated carbocycles. The monoisotopic (exact) mass is 216 g/mol. The van der Waals surface area contributed by atoms with E-state index in [0.717, 1.165) is 24.6 Å². The van der Waals surface area contributed by atoms with Gasteiger partial charge in [0.15, 0.2) is 0 Å². The zero-order chi connectivity index (χ0) is 10.6. The molecule has 1 amide bonds. The molecule has 0 unspecified atom stereocenters. The van der Waals surface area contributed by atoms with Crippen LogP contribution >= 0.6 is 11.8 Å². The van der Waals surface area contributed by atoms with Crippen LogP contribution in [0.3, 0.4) is 0 Å². The van der Waals surface area contributed by atoms with E-state index >= 15 is 0 Å². The maximum Gasteiger partial charge on any atom is 0.239 e. The van der Waals surface area contributed by atoms with Crippen LogP contribution in [0.4, 0.5) is 0 Å². The van der Waals surface area contributed by atoms with E-state index in [1.165, 1.54) is 12.8 Å². The number of thioether (sulfide) groups is 1. The van der Waals surface area contributed by atoms with Gasteiger partial charge in [-0.1, -0.05) is 0 Å². The number of rotatable bonds is 6. The molecule has 0 aliphatic heterocycles. The summed E-state index contributed by atoms with van der Waals surface area (Å²) >= 11 is 1.73. The first kappa shape index (κ1) is 11.9. The first-order valence-electron chi connectivity index (χ1n) is 5.14. The van der Waals surface area contributed by atoms with Gasteiger partial charge in [0.05, 0.1) is 6.04 Å². The summed E-state index contributed by atoms with van der Waals surface area (Å²) in [6.07, 6.45) is 5.37. The molecule has 0 spiro atoms. The molecule has 4 heteroatoms. The lowest BCUT2D eigenvalue weighted by molar-refractivity contribution is -0.131. The smallest absolute Gasteiger partial charge is 0.239 e. The van der Waals surface area contributed by atoms with Crippen molar-refractivity contribution in [2.24, 2.45) is 11.7 Å². The summed E-state index contributed by atoms with van der Waals surface area (Å²) < 4.78 is 0. The van der Waals surface area contributed by atoms with Gasteiger partial charge in [-0.15, -0.1) is 0 Å². The number of amides is 1. The number of hydrogen-bond acceptors (Lipinski definition) is 3. The van der Waals surface area contributed by atoms with E-state index < -0.39 is 0 Å². The lowest BCUT2D eigenvalue weighted by atomic mass is 10.2. The Morgan fingerprint density at radius 3 is 2.79 bits per heavy atom. The van der Waals surface area contributed by atoms with Crippen molar-refractivity contribution in [1.29, 1.82) is 0 Å². The van der Waals surface area contributed by atoms with Crippen molar-refractivity contribution in [3.8, 4) is 0 Å². The lowest BCUT2D eigenvalue weighted by Gasteiger charge is -2.20. The zero-order valence-electron chi connectivity index (χ0n) is 9.03. The number of nitrogens with two attached hydrogens (primary N) is 1. The van der Waals surface area contributed by atoms with E-state index in [0.29, 0.717) is 0 Å². The largest absolute Gasteiger partial charge is 0.344 e. The summed E-state index contributed by atoms with van der Waals surface area (Å²) in [4.78, 5) is 13.5. The van der Waals surface area contributed by atoms with E-state index in [1.54, 1.807) is 16.7 Å². The van der Waals surface area contributed by atoms with Crippen molar-refractivity contribution in [3.05, 3.63) is 0 Å². The average Bonchev–Trinajstić information content (AvgIpc) is 2.96. The fourth-order valence-electron chi connectivity index (χ4n) is 1.43. The number of likely N-dealkylation sites (N-methyl/N-ethyl adjacent to an activating group) is 1. The lowest BCUT2D eigenvalue weighted by Crippen LogP contribution is -2.42. The SMILES string of the molecule is CSCC[C@@H](N)C(=O)N(C)CC1CC1. The van der Waals surface area contributed by atoms with Crippen molar-refractivity contribution in [3.63, 3.8) is 0 Å². The van der Waals surface area contributed by atoms with Crippen LogP contribution in [0.2, 0.25) is 0 Å². The van der Waals surface area contributed by atoms with Gasteiger partial charge in [-0.05, 0) is 37.2 Å². The van der Waals surface area contributed by atoms with E-state index in [9.17, 15) is 4.79 Å². The summed E-state index contributed by atoms with van der Waals surface area (Å²) in [7, 11) is 1.86. The molecule has 1 rings (SSSR count). The Labute approximate surface area is 90.4 Å². The highest BCUT2D eigenvalue weighted by Crippen LogP contribution is 2.29. The van der Waals surface area contributed by atoms with Gasteiger partial charge in [-0.25, -0.2) is 0 Å². The molecular formula is C10H20N2OS. The number of hydrogen-bond donors (Lipinski definition) is 1. The molecule has 0 saturated heterocycles. The molecule has 3 nitrogen and oxygen atoms in total. The highest BCUT2D eigenvalue weighted by Gasteiger charge is 2.26. The Kier molecular flexibility index (Phi) is 4.75. The van der Waals surface area contributed by atoms with Crippen molar-refractivity contribution in [1.82, 2.24) is 4.90 Å². The van der Waals surface area contributed by atoms with Crippen molar-refractivity contribution in [2.75, 3.05) is 25.6 Å². The Morgan fingerprint density at radius 1 is 1.64 bits per heavy atom. The molecule has 14 heavy (non-hydrogen) atoms. The van der Waals surface area contributed by atoms with Crippen LogP contribution in [0.1, 0.15) is 19.3 Å². The second-order valence-electron chi connectivity index (χ2n) is 4.05. The Bertz CT molecular complexity index is 195. The fraction of sp³-hybridized carbons (Fsp3) is 0.900. The van der Waals surface area contributed by atoms with Crippen LogP contribution in [0.15, 0.2) is 0 Å². The number of carbonyl (C=O) groups excluding carboxylic acids is 1. The third-order valence-corrected chi connectivity index (χ3v) is 3.20. The van der Waals surface area contributed by atoms with Gasteiger partial charge in [-0.3, -0.25) is 4.79 Å². The summed E-state index contributed by atoms with van der Waals surface area (Å²) in [5, 5.41) is 0. The minimum absolute atomic E-state index is 0.103. The van der Waals surface area contributed by atoms with Crippen molar-refractivity contribution in [2.45, 2.75) is 25.3 Å². The van der Waals surface area contributed by atoms with Gasteiger partial charge in [0.25, 0.3) is 0 Å². The second kappa shape index (κ2) is 5.61. The normalized spacial score (nSPS) is 17.9. The molecule has 0 heterocycles. The minimum atomic E-state index is -0.300. The molecule has 0 radical (unpaired) electrons. The molecule has 0 aromatic rings. The zero-order valence-corrected chi connectivity index (χ0v) is 9.85. The molecule has 82 valence electrons. The standard InChI is InChI=1S/C10H20N2OS/c1-12(7-8-3-4-8)10(13)9(11)5-6-14-2/h8-9H,3-7,11H2,1-2H3/t9-/m1/s1. The summed E-state index contributed by atoms with van der Waals surface area (Å²) in [6, 6.07) is -0.300. The number of nitrogens with zero attached hydrogens (tertiary/aromatic N) is 1. The summed E-state index contributed by atoms with van der Waals surface area (Å²) in [6.45, 7) is 0.895. The van der Waals surface area contributed by atoms with Gasteiger partial charge < -0.3 is 10.6 Å². The van der Waals surface area contributed by atoms with E-state index in [4.69, 9.17) is 5.73 Å². The van der Waals surface area contributed by atoms with Crippen LogP contribution in [0.5, 0.6) is 0 Å². The van der Waals surface area contributed by atoms with Gasteiger partial charge in [0.2, 0.25) is 5.91 Å². The van der Waals surface area contributed by atoms with E-state index in [-0.39, 0.29) is 11.9 Å². The highest BCUT2D eigenvalue weighted by atomic mass is 32.2. The maximum absolute atomic E-state index is 11.7. The molecule has 1 fully saturated rings. The van der Waals surface area contributed by atoms with Crippen molar-refractivity contribution < 1.29 is 4.79 Å².